The number of carboxylic acid groups (broad SMARTS) is 1. The zero-order chi connectivity index (χ0) is 12.1. The van der Waals surface area contributed by atoms with Crippen LogP contribution in [0, 0.1) is 24.2 Å². The molecule has 0 amide bonds. The molecule has 16 heavy (non-hydrogen) atoms. The number of rotatable bonds is 4. The molecular formula is C13H21NO2. The molecule has 1 aliphatic carbocycles. The van der Waals surface area contributed by atoms with Crippen molar-refractivity contribution >= 4 is 5.97 Å². The maximum absolute atomic E-state index is 10.8. The van der Waals surface area contributed by atoms with E-state index < -0.39 is 5.97 Å². The van der Waals surface area contributed by atoms with Crippen molar-refractivity contribution in [3.05, 3.63) is 0 Å². The van der Waals surface area contributed by atoms with Crippen molar-refractivity contribution < 1.29 is 9.90 Å². The molecule has 1 fully saturated rings. The Bertz CT molecular complexity index is 272. The molecule has 0 aromatic carbocycles. The number of terminal acetylenes is 1. The average Bonchev–Trinajstić information content (AvgIpc) is 2.14. The van der Waals surface area contributed by atoms with Gasteiger partial charge < -0.3 is 5.11 Å². The summed E-state index contributed by atoms with van der Waals surface area (Å²) in [4.78, 5) is 12.7. The van der Waals surface area contributed by atoms with E-state index in [0.717, 1.165) is 12.8 Å². The summed E-state index contributed by atoms with van der Waals surface area (Å²) >= 11 is 0. The number of hydrogen-bond acceptors (Lipinski definition) is 2. The molecule has 1 saturated carbocycles. The van der Waals surface area contributed by atoms with E-state index in [1.54, 1.807) is 0 Å². The first-order chi connectivity index (χ1) is 7.52. The summed E-state index contributed by atoms with van der Waals surface area (Å²) in [5, 5.41) is 8.86. The number of aliphatic carboxylic acids is 1. The molecule has 1 aliphatic rings. The SMILES string of the molecule is C#CCN(CC(=O)O)C1CC(C)CC(C)C1. The van der Waals surface area contributed by atoms with E-state index in [0.29, 0.717) is 24.4 Å². The van der Waals surface area contributed by atoms with Crippen molar-refractivity contribution in [3.8, 4) is 12.3 Å². The number of carbonyl (C=O) groups is 1. The Balaban J connectivity index is 2.62. The summed E-state index contributed by atoms with van der Waals surface area (Å²) in [6.07, 6.45) is 8.68. The first-order valence-electron chi connectivity index (χ1n) is 5.92. The average molecular weight is 223 g/mol. The topological polar surface area (TPSA) is 40.5 Å². The molecule has 0 heterocycles. The van der Waals surface area contributed by atoms with Crippen LogP contribution in [0.25, 0.3) is 0 Å². The van der Waals surface area contributed by atoms with Gasteiger partial charge in [0, 0.05) is 6.04 Å². The minimum absolute atomic E-state index is 0.0638. The molecule has 2 unspecified atom stereocenters. The lowest BCUT2D eigenvalue weighted by Gasteiger charge is -2.37. The normalized spacial score (nSPS) is 30.0. The maximum atomic E-state index is 10.8. The minimum atomic E-state index is -0.791. The third-order valence-electron chi connectivity index (χ3n) is 3.30. The van der Waals surface area contributed by atoms with Gasteiger partial charge in [0.15, 0.2) is 0 Å². The zero-order valence-corrected chi connectivity index (χ0v) is 10.1. The van der Waals surface area contributed by atoms with Crippen LogP contribution < -0.4 is 0 Å². The third-order valence-corrected chi connectivity index (χ3v) is 3.30. The van der Waals surface area contributed by atoms with E-state index in [4.69, 9.17) is 11.5 Å². The Kier molecular flexibility index (Phi) is 4.82. The van der Waals surface area contributed by atoms with Gasteiger partial charge in [0.05, 0.1) is 13.1 Å². The first-order valence-corrected chi connectivity index (χ1v) is 5.92. The van der Waals surface area contributed by atoms with Gasteiger partial charge in [-0.3, -0.25) is 9.69 Å². The van der Waals surface area contributed by atoms with Crippen LogP contribution in [0.1, 0.15) is 33.1 Å². The third kappa shape index (κ3) is 3.86. The molecule has 90 valence electrons. The molecule has 1 N–H and O–H groups in total. The largest absolute Gasteiger partial charge is 0.480 e. The zero-order valence-electron chi connectivity index (χ0n) is 10.1. The highest BCUT2D eigenvalue weighted by atomic mass is 16.4. The molecule has 0 spiro atoms. The summed E-state index contributed by atoms with van der Waals surface area (Å²) in [7, 11) is 0. The van der Waals surface area contributed by atoms with Crippen LogP contribution in [-0.2, 0) is 4.79 Å². The summed E-state index contributed by atoms with van der Waals surface area (Å²) in [6.45, 7) is 4.97. The monoisotopic (exact) mass is 223 g/mol. The number of carboxylic acids is 1. The second-order valence-corrected chi connectivity index (χ2v) is 5.07. The smallest absolute Gasteiger partial charge is 0.317 e. The van der Waals surface area contributed by atoms with Crippen molar-refractivity contribution in [2.45, 2.75) is 39.2 Å². The molecule has 2 atom stereocenters. The van der Waals surface area contributed by atoms with Gasteiger partial charge in [-0.2, -0.15) is 0 Å². The molecule has 3 heteroatoms. The van der Waals surface area contributed by atoms with E-state index in [1.807, 2.05) is 4.90 Å². The van der Waals surface area contributed by atoms with Gasteiger partial charge in [0.25, 0.3) is 0 Å². The van der Waals surface area contributed by atoms with Crippen LogP contribution in [0.2, 0.25) is 0 Å². The lowest BCUT2D eigenvalue weighted by molar-refractivity contribution is -0.139. The van der Waals surface area contributed by atoms with Gasteiger partial charge in [0.2, 0.25) is 0 Å². The van der Waals surface area contributed by atoms with Crippen molar-refractivity contribution in [2.24, 2.45) is 11.8 Å². The number of hydrogen-bond donors (Lipinski definition) is 1. The maximum Gasteiger partial charge on any atom is 0.317 e. The summed E-state index contributed by atoms with van der Waals surface area (Å²) in [5.41, 5.74) is 0. The van der Waals surface area contributed by atoms with Crippen LogP contribution in [0.4, 0.5) is 0 Å². The van der Waals surface area contributed by atoms with Gasteiger partial charge in [0.1, 0.15) is 0 Å². The van der Waals surface area contributed by atoms with Crippen LogP contribution >= 0.6 is 0 Å². The van der Waals surface area contributed by atoms with Crippen molar-refractivity contribution in [2.75, 3.05) is 13.1 Å². The van der Waals surface area contributed by atoms with Crippen molar-refractivity contribution in [1.29, 1.82) is 0 Å². The highest BCUT2D eigenvalue weighted by Crippen LogP contribution is 2.31. The van der Waals surface area contributed by atoms with Crippen LogP contribution in [0.3, 0.4) is 0 Å². The Hall–Kier alpha value is -1.01. The molecule has 0 radical (unpaired) electrons. The van der Waals surface area contributed by atoms with Crippen LogP contribution in [0.5, 0.6) is 0 Å². The van der Waals surface area contributed by atoms with Crippen molar-refractivity contribution in [3.63, 3.8) is 0 Å². The van der Waals surface area contributed by atoms with Gasteiger partial charge in [-0.25, -0.2) is 0 Å². The molecule has 0 aromatic rings. The van der Waals surface area contributed by atoms with E-state index in [-0.39, 0.29) is 6.54 Å². The molecule has 0 aromatic heterocycles. The lowest BCUT2D eigenvalue weighted by atomic mass is 9.80. The highest BCUT2D eigenvalue weighted by molar-refractivity contribution is 5.69. The molecule has 1 rings (SSSR count). The Morgan fingerprint density at radius 3 is 2.38 bits per heavy atom. The summed E-state index contributed by atoms with van der Waals surface area (Å²) < 4.78 is 0. The van der Waals surface area contributed by atoms with Crippen LogP contribution in [-0.4, -0.2) is 35.1 Å². The molecule has 0 saturated heterocycles. The Morgan fingerprint density at radius 2 is 1.94 bits per heavy atom. The van der Waals surface area contributed by atoms with Gasteiger partial charge in [-0.05, 0) is 31.1 Å². The Labute approximate surface area is 97.8 Å². The fourth-order valence-electron chi connectivity index (χ4n) is 2.81. The highest BCUT2D eigenvalue weighted by Gasteiger charge is 2.28. The second-order valence-electron chi connectivity index (χ2n) is 5.07. The second kappa shape index (κ2) is 5.91. The van der Waals surface area contributed by atoms with E-state index in [2.05, 4.69) is 19.8 Å². The molecule has 0 bridgehead atoms. The predicted octanol–water partition coefficient (Wildman–Crippen LogP) is 1.83. The fourth-order valence-corrected chi connectivity index (χ4v) is 2.81. The standard InChI is InChI=1S/C13H21NO2/c1-4-5-14(9-13(15)16)12-7-10(2)6-11(3)8-12/h1,10-12H,5-9H2,2-3H3,(H,15,16). The van der Waals surface area contributed by atoms with Gasteiger partial charge in [-0.1, -0.05) is 19.8 Å². The van der Waals surface area contributed by atoms with E-state index >= 15 is 0 Å². The molecule has 3 nitrogen and oxygen atoms in total. The van der Waals surface area contributed by atoms with E-state index in [9.17, 15) is 4.79 Å². The first kappa shape index (κ1) is 13.1. The van der Waals surface area contributed by atoms with E-state index in [1.165, 1.54) is 6.42 Å². The lowest BCUT2D eigenvalue weighted by Crippen LogP contribution is -2.43. The minimum Gasteiger partial charge on any atom is -0.480 e. The van der Waals surface area contributed by atoms with Gasteiger partial charge in [-0.15, -0.1) is 6.42 Å². The summed E-state index contributed by atoms with van der Waals surface area (Å²) in [6, 6.07) is 0.339. The quantitative estimate of drug-likeness (QED) is 0.739. The summed E-state index contributed by atoms with van der Waals surface area (Å²) in [5.74, 6) is 3.11. The van der Waals surface area contributed by atoms with Crippen molar-refractivity contribution in [1.82, 2.24) is 4.90 Å². The Morgan fingerprint density at radius 1 is 1.38 bits per heavy atom. The van der Waals surface area contributed by atoms with Crippen LogP contribution in [0.15, 0.2) is 0 Å². The predicted molar refractivity (Wildman–Crippen MR) is 64.0 cm³/mol. The molecular weight excluding hydrogens is 202 g/mol. The molecule has 0 aliphatic heterocycles. The fraction of sp³-hybridized carbons (Fsp3) is 0.769. The van der Waals surface area contributed by atoms with Gasteiger partial charge >= 0.3 is 5.97 Å². The number of nitrogens with zero attached hydrogens (tertiary/aromatic N) is 1.